The molecule has 1 heterocycles. The number of nitrogens with two attached hydrogens (primary N) is 1. The molecule has 1 saturated heterocycles. The second-order valence-electron chi connectivity index (χ2n) is 4.61. The Kier molecular flexibility index (Phi) is 3.88. The average Bonchev–Trinajstić information content (AvgIpc) is 2.80. The number of anilines is 1. The highest BCUT2D eigenvalue weighted by Crippen LogP contribution is 2.30. The van der Waals surface area contributed by atoms with Gasteiger partial charge in [0.2, 0.25) is 15.9 Å². The Morgan fingerprint density at radius 2 is 2.14 bits per heavy atom. The SMILES string of the molecule is COC(=O)c1cc(O)ccc1N1CC(S(N)(=O)=O)CC1=O. The fourth-order valence-corrected chi connectivity index (χ4v) is 2.89. The van der Waals surface area contributed by atoms with Crippen LogP contribution in [0.1, 0.15) is 16.8 Å². The van der Waals surface area contributed by atoms with E-state index >= 15 is 0 Å². The highest BCUT2D eigenvalue weighted by Gasteiger charge is 2.38. The van der Waals surface area contributed by atoms with Gasteiger partial charge in [0.1, 0.15) is 11.0 Å². The van der Waals surface area contributed by atoms with Crippen LogP contribution in [0.5, 0.6) is 5.75 Å². The number of nitrogens with zero attached hydrogens (tertiary/aromatic N) is 1. The summed E-state index contributed by atoms with van der Waals surface area (Å²) in [4.78, 5) is 24.8. The largest absolute Gasteiger partial charge is 0.508 e. The molecular formula is C12H14N2O6S. The summed E-state index contributed by atoms with van der Waals surface area (Å²) in [7, 11) is -2.69. The number of benzene rings is 1. The normalized spacial score (nSPS) is 18.9. The van der Waals surface area contributed by atoms with Crippen LogP contribution in [0.15, 0.2) is 18.2 Å². The van der Waals surface area contributed by atoms with Crippen molar-refractivity contribution in [2.45, 2.75) is 11.7 Å². The molecule has 1 aromatic rings. The average molecular weight is 314 g/mol. The minimum Gasteiger partial charge on any atom is -0.508 e. The number of methoxy groups -OCH3 is 1. The highest BCUT2D eigenvalue weighted by molar-refractivity contribution is 7.89. The van der Waals surface area contributed by atoms with Crippen molar-refractivity contribution in [2.75, 3.05) is 18.6 Å². The number of carbonyl (C=O) groups excluding carboxylic acids is 2. The van der Waals surface area contributed by atoms with E-state index in [0.717, 1.165) is 18.1 Å². The van der Waals surface area contributed by atoms with Gasteiger partial charge in [-0.05, 0) is 18.2 Å². The molecule has 9 heteroatoms. The molecule has 1 aromatic carbocycles. The van der Waals surface area contributed by atoms with Gasteiger partial charge in [0.05, 0.1) is 18.4 Å². The molecule has 1 aliphatic heterocycles. The number of esters is 1. The number of amides is 1. The Morgan fingerprint density at radius 3 is 2.67 bits per heavy atom. The van der Waals surface area contributed by atoms with Gasteiger partial charge in [-0.15, -0.1) is 0 Å². The minimum atomic E-state index is -3.85. The lowest BCUT2D eigenvalue weighted by atomic mass is 10.1. The van der Waals surface area contributed by atoms with E-state index in [0.29, 0.717) is 0 Å². The van der Waals surface area contributed by atoms with Crippen molar-refractivity contribution in [1.29, 1.82) is 0 Å². The third-order valence-electron chi connectivity index (χ3n) is 3.23. The Morgan fingerprint density at radius 1 is 1.48 bits per heavy atom. The van der Waals surface area contributed by atoms with Gasteiger partial charge < -0.3 is 14.7 Å². The smallest absolute Gasteiger partial charge is 0.340 e. The molecule has 1 atom stereocenters. The molecule has 114 valence electrons. The van der Waals surface area contributed by atoms with Gasteiger partial charge in [0.15, 0.2) is 0 Å². The molecule has 0 aromatic heterocycles. The summed E-state index contributed by atoms with van der Waals surface area (Å²) in [6, 6.07) is 3.79. The van der Waals surface area contributed by atoms with Crippen molar-refractivity contribution >= 4 is 27.6 Å². The molecule has 1 amide bonds. The van der Waals surface area contributed by atoms with Gasteiger partial charge >= 0.3 is 5.97 Å². The van der Waals surface area contributed by atoms with Crippen molar-refractivity contribution in [2.24, 2.45) is 5.14 Å². The summed E-state index contributed by atoms with van der Waals surface area (Å²) in [6.45, 7) is -0.146. The lowest BCUT2D eigenvalue weighted by Crippen LogP contribution is -2.32. The van der Waals surface area contributed by atoms with Crippen LogP contribution >= 0.6 is 0 Å². The van der Waals surface area contributed by atoms with Gasteiger partial charge in [-0.25, -0.2) is 18.4 Å². The highest BCUT2D eigenvalue weighted by atomic mass is 32.2. The molecule has 0 radical (unpaired) electrons. The van der Waals surface area contributed by atoms with E-state index in [1.165, 1.54) is 12.1 Å². The standard InChI is InChI=1S/C12H14N2O6S/c1-20-12(17)9-4-7(15)2-3-10(9)14-6-8(5-11(14)16)21(13,18)19/h2-4,8,15H,5-6H2,1H3,(H2,13,18,19). The molecule has 0 aliphatic carbocycles. The number of rotatable bonds is 3. The van der Waals surface area contributed by atoms with Crippen molar-refractivity contribution < 1.29 is 27.9 Å². The van der Waals surface area contributed by atoms with Crippen LogP contribution in [-0.2, 0) is 19.6 Å². The number of carbonyl (C=O) groups is 2. The number of phenolic OH excluding ortho intramolecular Hbond substituents is 1. The van der Waals surface area contributed by atoms with Gasteiger partial charge in [-0.2, -0.15) is 0 Å². The Bertz CT molecular complexity index is 700. The number of hydrogen-bond donors (Lipinski definition) is 2. The monoisotopic (exact) mass is 314 g/mol. The quantitative estimate of drug-likeness (QED) is 0.729. The van der Waals surface area contributed by atoms with Crippen LogP contribution in [0.4, 0.5) is 5.69 Å². The van der Waals surface area contributed by atoms with E-state index in [1.807, 2.05) is 0 Å². The summed E-state index contributed by atoms with van der Waals surface area (Å²) in [6.07, 6.45) is -0.250. The zero-order valence-electron chi connectivity index (χ0n) is 11.1. The van der Waals surface area contributed by atoms with Crippen molar-refractivity contribution in [3.8, 4) is 5.75 Å². The van der Waals surface area contributed by atoms with Gasteiger partial charge in [0, 0.05) is 13.0 Å². The number of aromatic hydroxyl groups is 1. The Labute approximate surface area is 121 Å². The summed E-state index contributed by atoms with van der Waals surface area (Å²) in [5, 5.41) is 13.5. The van der Waals surface area contributed by atoms with E-state index in [1.54, 1.807) is 0 Å². The first-order valence-corrected chi connectivity index (χ1v) is 7.58. The Hall–Kier alpha value is -2.13. The molecule has 8 nitrogen and oxygen atoms in total. The first-order valence-electron chi connectivity index (χ1n) is 5.97. The van der Waals surface area contributed by atoms with Crippen LogP contribution < -0.4 is 10.0 Å². The number of primary sulfonamides is 1. The molecule has 21 heavy (non-hydrogen) atoms. The molecule has 0 saturated carbocycles. The van der Waals surface area contributed by atoms with Crippen LogP contribution in [0.3, 0.4) is 0 Å². The van der Waals surface area contributed by atoms with Crippen molar-refractivity contribution in [1.82, 2.24) is 0 Å². The van der Waals surface area contributed by atoms with Crippen LogP contribution in [0.25, 0.3) is 0 Å². The molecule has 2 rings (SSSR count). The molecule has 1 fully saturated rings. The maximum atomic E-state index is 12.0. The third kappa shape index (κ3) is 2.98. The number of hydrogen-bond acceptors (Lipinski definition) is 6. The van der Waals surface area contributed by atoms with Gasteiger partial charge in [-0.1, -0.05) is 0 Å². The van der Waals surface area contributed by atoms with E-state index in [4.69, 9.17) is 5.14 Å². The van der Waals surface area contributed by atoms with Crippen molar-refractivity contribution in [3.05, 3.63) is 23.8 Å². The third-order valence-corrected chi connectivity index (χ3v) is 4.48. The predicted molar refractivity (Wildman–Crippen MR) is 73.3 cm³/mol. The van der Waals surface area contributed by atoms with E-state index in [2.05, 4.69) is 4.74 Å². The molecule has 1 aliphatic rings. The molecule has 3 N–H and O–H groups in total. The molecule has 0 spiro atoms. The zero-order chi connectivity index (χ0) is 15.8. The maximum Gasteiger partial charge on any atom is 0.340 e. The van der Waals surface area contributed by atoms with E-state index in [9.17, 15) is 23.1 Å². The van der Waals surface area contributed by atoms with E-state index < -0.39 is 27.1 Å². The van der Waals surface area contributed by atoms with Crippen molar-refractivity contribution in [3.63, 3.8) is 0 Å². The maximum absolute atomic E-state index is 12.0. The lowest BCUT2D eigenvalue weighted by Gasteiger charge is -2.19. The molecule has 0 bridgehead atoms. The summed E-state index contributed by atoms with van der Waals surface area (Å²) < 4.78 is 27.3. The first kappa shape index (κ1) is 15.3. The van der Waals surface area contributed by atoms with Crippen LogP contribution in [0.2, 0.25) is 0 Å². The predicted octanol–water partition coefficient (Wildman–Crippen LogP) is -0.427. The number of sulfonamides is 1. The molecular weight excluding hydrogens is 300 g/mol. The van der Waals surface area contributed by atoms with Crippen LogP contribution in [0, 0.1) is 0 Å². The molecule has 1 unspecified atom stereocenters. The second-order valence-corrected chi connectivity index (χ2v) is 6.46. The topological polar surface area (TPSA) is 127 Å². The number of ether oxygens (including phenoxy) is 1. The first-order chi connectivity index (χ1) is 9.74. The zero-order valence-corrected chi connectivity index (χ0v) is 12.0. The van der Waals surface area contributed by atoms with Crippen LogP contribution in [-0.4, -0.2) is 44.3 Å². The van der Waals surface area contributed by atoms with Gasteiger partial charge in [0.25, 0.3) is 0 Å². The fraction of sp³-hybridized carbons (Fsp3) is 0.333. The second kappa shape index (κ2) is 5.34. The number of phenols is 1. The van der Waals surface area contributed by atoms with Gasteiger partial charge in [-0.3, -0.25) is 4.79 Å². The Balaban J connectivity index is 2.43. The van der Waals surface area contributed by atoms with E-state index in [-0.39, 0.29) is 30.0 Å². The minimum absolute atomic E-state index is 0.0269. The lowest BCUT2D eigenvalue weighted by molar-refractivity contribution is -0.117. The summed E-state index contributed by atoms with van der Waals surface area (Å²) >= 11 is 0. The summed E-state index contributed by atoms with van der Waals surface area (Å²) in [5.41, 5.74) is 0.150. The fourth-order valence-electron chi connectivity index (χ4n) is 2.16. The summed E-state index contributed by atoms with van der Waals surface area (Å²) in [5.74, 6) is -1.38.